The summed E-state index contributed by atoms with van der Waals surface area (Å²) in [5, 5.41) is 0.919. The van der Waals surface area contributed by atoms with Crippen LogP contribution in [0.1, 0.15) is 28.8 Å². The Bertz CT molecular complexity index is 988. The maximum atomic E-state index is 12.9. The molecule has 0 aliphatic carbocycles. The van der Waals surface area contributed by atoms with Crippen molar-refractivity contribution in [3.05, 3.63) is 59.7 Å². The quantitative estimate of drug-likeness (QED) is 0.596. The van der Waals surface area contributed by atoms with Crippen molar-refractivity contribution in [2.75, 3.05) is 39.3 Å². The first-order valence-electron chi connectivity index (χ1n) is 11.0. The standard InChI is InChI=1S/C24H28N4O2S/c29-23(28-13-11-27(12-14-28)16-20-4-3-15-30-20)19-9-7-18(8-10-19)17-31-24-25-21-5-1-2-6-22(21)26-24/h1-2,5-10,20H,3-4,11-17H2,(H,25,26)/t20-/m0/s1. The second kappa shape index (κ2) is 9.42. The van der Waals surface area contributed by atoms with Crippen molar-refractivity contribution in [3.63, 3.8) is 0 Å². The van der Waals surface area contributed by atoms with Gasteiger partial charge in [-0.2, -0.15) is 0 Å². The number of rotatable bonds is 6. The Morgan fingerprint density at radius 2 is 1.90 bits per heavy atom. The molecule has 162 valence electrons. The average molecular weight is 437 g/mol. The maximum Gasteiger partial charge on any atom is 0.253 e. The van der Waals surface area contributed by atoms with E-state index in [9.17, 15) is 4.79 Å². The number of fused-ring (bicyclic) bond motifs is 1. The number of aromatic nitrogens is 2. The number of piperazine rings is 1. The summed E-state index contributed by atoms with van der Waals surface area (Å²) in [5.41, 5.74) is 4.00. The summed E-state index contributed by atoms with van der Waals surface area (Å²) >= 11 is 1.68. The molecule has 3 heterocycles. The molecule has 0 unspecified atom stereocenters. The van der Waals surface area contributed by atoms with E-state index in [0.29, 0.717) is 6.10 Å². The van der Waals surface area contributed by atoms with Crippen LogP contribution in [0.4, 0.5) is 0 Å². The number of ether oxygens (including phenoxy) is 1. The molecule has 1 atom stereocenters. The summed E-state index contributed by atoms with van der Waals surface area (Å²) in [6.45, 7) is 5.33. The first-order chi connectivity index (χ1) is 15.2. The summed E-state index contributed by atoms with van der Waals surface area (Å²) in [6, 6.07) is 16.1. The zero-order valence-corrected chi connectivity index (χ0v) is 18.4. The molecule has 31 heavy (non-hydrogen) atoms. The van der Waals surface area contributed by atoms with Crippen LogP contribution in [0.15, 0.2) is 53.7 Å². The van der Waals surface area contributed by atoms with E-state index >= 15 is 0 Å². The number of aromatic amines is 1. The number of carbonyl (C=O) groups is 1. The van der Waals surface area contributed by atoms with Gasteiger partial charge in [-0.25, -0.2) is 4.98 Å². The van der Waals surface area contributed by atoms with Crippen molar-refractivity contribution >= 4 is 28.7 Å². The lowest BCUT2D eigenvalue weighted by atomic mass is 10.1. The Balaban J connectivity index is 1.12. The van der Waals surface area contributed by atoms with Gasteiger partial charge in [0, 0.05) is 50.6 Å². The molecular formula is C24H28N4O2S. The first kappa shape index (κ1) is 20.5. The van der Waals surface area contributed by atoms with Crippen LogP contribution in [0.25, 0.3) is 11.0 Å². The fraction of sp³-hybridized carbons (Fsp3) is 0.417. The van der Waals surface area contributed by atoms with E-state index in [-0.39, 0.29) is 5.91 Å². The molecule has 2 aliphatic rings. The highest BCUT2D eigenvalue weighted by molar-refractivity contribution is 7.98. The number of nitrogens with one attached hydrogen (secondary N) is 1. The van der Waals surface area contributed by atoms with Crippen molar-refractivity contribution in [1.82, 2.24) is 19.8 Å². The number of hydrogen-bond donors (Lipinski definition) is 1. The van der Waals surface area contributed by atoms with Gasteiger partial charge in [0.1, 0.15) is 0 Å². The largest absolute Gasteiger partial charge is 0.377 e. The molecule has 2 fully saturated rings. The topological polar surface area (TPSA) is 61.5 Å². The van der Waals surface area contributed by atoms with Crippen LogP contribution in [-0.4, -0.2) is 71.1 Å². The Hall–Kier alpha value is -2.35. The number of amides is 1. The Morgan fingerprint density at radius 3 is 2.65 bits per heavy atom. The molecule has 7 heteroatoms. The van der Waals surface area contributed by atoms with E-state index in [2.05, 4.69) is 27.0 Å². The zero-order chi connectivity index (χ0) is 21.0. The fourth-order valence-corrected chi connectivity index (χ4v) is 5.13. The zero-order valence-electron chi connectivity index (χ0n) is 17.6. The van der Waals surface area contributed by atoms with Gasteiger partial charge in [0.25, 0.3) is 5.91 Å². The smallest absolute Gasteiger partial charge is 0.253 e. The summed E-state index contributed by atoms with van der Waals surface area (Å²) in [6.07, 6.45) is 2.72. The van der Waals surface area contributed by atoms with Crippen LogP contribution >= 0.6 is 11.8 Å². The first-order valence-corrected chi connectivity index (χ1v) is 12.0. The lowest BCUT2D eigenvalue weighted by Crippen LogP contribution is -2.50. The summed E-state index contributed by atoms with van der Waals surface area (Å²) in [4.78, 5) is 25.3. The van der Waals surface area contributed by atoms with Crippen LogP contribution in [0.5, 0.6) is 0 Å². The van der Waals surface area contributed by atoms with Crippen molar-refractivity contribution in [3.8, 4) is 0 Å². The van der Waals surface area contributed by atoms with Gasteiger partial charge >= 0.3 is 0 Å². The third kappa shape index (κ3) is 4.95. The van der Waals surface area contributed by atoms with Crippen molar-refractivity contribution < 1.29 is 9.53 Å². The molecule has 3 aromatic rings. The number of H-pyrrole nitrogens is 1. The molecule has 2 aliphatic heterocycles. The van der Waals surface area contributed by atoms with Gasteiger partial charge in [-0.3, -0.25) is 9.69 Å². The number of nitrogens with zero attached hydrogens (tertiary/aromatic N) is 3. The highest BCUT2D eigenvalue weighted by Gasteiger charge is 2.25. The van der Waals surface area contributed by atoms with Gasteiger partial charge in [-0.15, -0.1) is 0 Å². The monoisotopic (exact) mass is 436 g/mol. The number of carbonyl (C=O) groups excluding carboxylic acids is 1. The number of hydrogen-bond acceptors (Lipinski definition) is 5. The van der Waals surface area contributed by atoms with Crippen molar-refractivity contribution in [2.24, 2.45) is 0 Å². The minimum Gasteiger partial charge on any atom is -0.377 e. The van der Waals surface area contributed by atoms with E-state index in [4.69, 9.17) is 4.74 Å². The van der Waals surface area contributed by atoms with Crippen molar-refractivity contribution in [1.29, 1.82) is 0 Å². The van der Waals surface area contributed by atoms with E-state index in [0.717, 1.165) is 66.8 Å². The fourth-order valence-electron chi connectivity index (χ4n) is 4.29. The van der Waals surface area contributed by atoms with Gasteiger partial charge in [0.15, 0.2) is 5.16 Å². The molecule has 6 nitrogen and oxygen atoms in total. The normalized spacial score (nSPS) is 19.9. The average Bonchev–Trinajstić information content (AvgIpc) is 3.47. The highest BCUT2D eigenvalue weighted by atomic mass is 32.2. The highest BCUT2D eigenvalue weighted by Crippen LogP contribution is 2.23. The minimum atomic E-state index is 0.133. The summed E-state index contributed by atoms with van der Waals surface area (Å²) in [5.74, 6) is 0.948. The second-order valence-corrected chi connectivity index (χ2v) is 9.24. The van der Waals surface area contributed by atoms with Gasteiger partial charge in [0.2, 0.25) is 0 Å². The molecule has 1 amide bonds. The third-order valence-electron chi connectivity index (χ3n) is 6.09. The van der Waals surface area contributed by atoms with E-state index in [1.54, 1.807) is 11.8 Å². The van der Waals surface area contributed by atoms with Gasteiger partial charge in [-0.1, -0.05) is 36.0 Å². The predicted molar refractivity (Wildman–Crippen MR) is 123 cm³/mol. The van der Waals surface area contributed by atoms with E-state index in [1.807, 2.05) is 41.3 Å². The molecule has 0 saturated carbocycles. The molecule has 2 saturated heterocycles. The molecule has 5 rings (SSSR count). The lowest BCUT2D eigenvalue weighted by Gasteiger charge is -2.35. The molecule has 2 aromatic carbocycles. The summed E-state index contributed by atoms with van der Waals surface area (Å²) in [7, 11) is 0. The van der Waals surface area contributed by atoms with E-state index in [1.165, 1.54) is 18.4 Å². The molecule has 0 radical (unpaired) electrons. The molecule has 1 N–H and O–H groups in total. The SMILES string of the molecule is O=C(c1ccc(CSc2nc3ccccc3[nH]2)cc1)N1CCN(C[C@@H]2CCCO2)CC1. The number of para-hydroxylation sites is 2. The number of imidazole rings is 1. The summed E-state index contributed by atoms with van der Waals surface area (Å²) < 4.78 is 5.74. The van der Waals surface area contributed by atoms with Crippen LogP contribution in [0.3, 0.4) is 0 Å². The lowest BCUT2D eigenvalue weighted by molar-refractivity contribution is 0.0432. The van der Waals surface area contributed by atoms with Crippen LogP contribution in [-0.2, 0) is 10.5 Å². The molecule has 1 aromatic heterocycles. The second-order valence-electron chi connectivity index (χ2n) is 8.27. The number of benzene rings is 2. The van der Waals surface area contributed by atoms with Gasteiger partial charge in [-0.05, 0) is 42.7 Å². The Labute approximate surface area is 187 Å². The van der Waals surface area contributed by atoms with Crippen LogP contribution in [0.2, 0.25) is 0 Å². The molecule has 0 bridgehead atoms. The third-order valence-corrected chi connectivity index (χ3v) is 7.03. The van der Waals surface area contributed by atoms with Crippen molar-refractivity contribution in [2.45, 2.75) is 29.9 Å². The maximum absolute atomic E-state index is 12.9. The van der Waals surface area contributed by atoms with Gasteiger partial charge in [0.05, 0.1) is 17.1 Å². The predicted octanol–water partition coefficient (Wildman–Crippen LogP) is 3.79. The Kier molecular flexibility index (Phi) is 6.25. The number of thioether (sulfide) groups is 1. The van der Waals surface area contributed by atoms with E-state index < -0.39 is 0 Å². The molecule has 0 spiro atoms. The van der Waals surface area contributed by atoms with Crippen LogP contribution < -0.4 is 0 Å². The van der Waals surface area contributed by atoms with Crippen LogP contribution in [0, 0.1) is 0 Å². The molecular weight excluding hydrogens is 408 g/mol. The van der Waals surface area contributed by atoms with Gasteiger partial charge < -0.3 is 14.6 Å². The minimum absolute atomic E-state index is 0.133. The Morgan fingerprint density at radius 1 is 1.10 bits per heavy atom.